The van der Waals surface area contributed by atoms with Gasteiger partial charge in [-0.3, -0.25) is 9.10 Å². The zero-order chi connectivity index (χ0) is 13.1. The van der Waals surface area contributed by atoms with E-state index in [1.54, 1.807) is 0 Å². The molecule has 90 valence electrons. The molecular weight excluding hydrogens is 244 g/mol. The molecule has 7 heteroatoms. The van der Waals surface area contributed by atoms with Crippen molar-refractivity contribution in [3.05, 3.63) is 29.8 Å². The molecule has 1 rings (SSSR count). The number of aliphatic carboxylic acids is 1. The average molecular weight is 254 g/mol. The van der Waals surface area contributed by atoms with Crippen LogP contribution >= 0.6 is 0 Å². The molecule has 0 aliphatic heterocycles. The zero-order valence-electron chi connectivity index (χ0n) is 8.99. The molecule has 0 aliphatic carbocycles. The second-order valence-electron chi connectivity index (χ2n) is 3.32. The number of carbonyl (C=O) groups is 1. The van der Waals surface area contributed by atoms with Gasteiger partial charge in [0.2, 0.25) is 10.0 Å². The van der Waals surface area contributed by atoms with Crippen molar-refractivity contribution in [1.82, 2.24) is 0 Å². The molecule has 1 aromatic carbocycles. The Morgan fingerprint density at radius 1 is 1.41 bits per heavy atom. The summed E-state index contributed by atoms with van der Waals surface area (Å²) in [7, 11) is -3.66. The fraction of sp³-hybridized carbons (Fsp3) is 0.200. The lowest BCUT2D eigenvalue weighted by Crippen LogP contribution is -2.34. The quantitative estimate of drug-likeness (QED) is 0.839. The molecule has 0 aliphatic rings. The summed E-state index contributed by atoms with van der Waals surface area (Å²) in [6, 6.07) is 7.52. The standard InChI is InChI=1S/C10H10N2O4S/c1-17(15,16)12(7-10(13)14)9-4-2-8(6-11)3-5-9/h2-5H,7H2,1H3,(H,13,14). The van der Waals surface area contributed by atoms with Gasteiger partial charge in [-0.2, -0.15) is 5.26 Å². The first kappa shape index (κ1) is 13.0. The number of nitriles is 1. The normalized spacial score (nSPS) is 10.6. The number of anilines is 1. The number of benzene rings is 1. The second-order valence-corrected chi connectivity index (χ2v) is 5.23. The lowest BCUT2D eigenvalue weighted by Gasteiger charge is -2.20. The predicted octanol–water partition coefficient (Wildman–Crippen LogP) is 0.409. The summed E-state index contributed by atoms with van der Waals surface area (Å²) in [6.45, 7) is -0.648. The Labute approximate surface area is 98.8 Å². The fourth-order valence-corrected chi connectivity index (χ4v) is 2.07. The van der Waals surface area contributed by atoms with E-state index in [4.69, 9.17) is 10.4 Å². The highest BCUT2D eigenvalue weighted by Crippen LogP contribution is 2.17. The van der Waals surface area contributed by atoms with Gasteiger partial charge in [-0.1, -0.05) is 0 Å². The fourth-order valence-electron chi connectivity index (χ4n) is 1.23. The smallest absolute Gasteiger partial charge is 0.324 e. The van der Waals surface area contributed by atoms with Gasteiger partial charge in [-0.25, -0.2) is 8.42 Å². The Bertz CT molecular complexity index is 557. The maximum Gasteiger partial charge on any atom is 0.324 e. The van der Waals surface area contributed by atoms with Gasteiger partial charge in [-0.05, 0) is 24.3 Å². The summed E-state index contributed by atoms with van der Waals surface area (Å²) in [5, 5.41) is 17.2. The van der Waals surface area contributed by atoms with E-state index in [9.17, 15) is 13.2 Å². The summed E-state index contributed by atoms with van der Waals surface area (Å²) in [6.07, 6.45) is 0.925. The maximum absolute atomic E-state index is 11.4. The molecule has 0 bridgehead atoms. The van der Waals surface area contributed by atoms with E-state index >= 15 is 0 Å². The van der Waals surface area contributed by atoms with Crippen LogP contribution in [0, 0.1) is 11.3 Å². The number of hydrogen-bond acceptors (Lipinski definition) is 4. The van der Waals surface area contributed by atoms with Gasteiger partial charge in [0.25, 0.3) is 0 Å². The molecular formula is C10H10N2O4S. The van der Waals surface area contributed by atoms with Gasteiger partial charge in [-0.15, -0.1) is 0 Å². The number of carboxylic acid groups (broad SMARTS) is 1. The third kappa shape index (κ3) is 3.46. The minimum absolute atomic E-state index is 0.217. The van der Waals surface area contributed by atoms with Crippen LogP contribution in [-0.2, 0) is 14.8 Å². The molecule has 0 heterocycles. The topological polar surface area (TPSA) is 98.5 Å². The number of hydrogen-bond donors (Lipinski definition) is 1. The molecule has 0 fully saturated rings. The lowest BCUT2D eigenvalue weighted by molar-refractivity contribution is -0.135. The molecule has 0 amide bonds. The number of nitrogens with zero attached hydrogens (tertiary/aromatic N) is 2. The third-order valence-electron chi connectivity index (χ3n) is 1.96. The van der Waals surface area contributed by atoms with Crippen LogP contribution in [0.2, 0.25) is 0 Å². The predicted molar refractivity (Wildman–Crippen MR) is 61.0 cm³/mol. The molecule has 1 N–H and O–H groups in total. The molecule has 0 spiro atoms. The van der Waals surface area contributed by atoms with E-state index in [0.717, 1.165) is 10.6 Å². The van der Waals surface area contributed by atoms with Crippen molar-refractivity contribution in [1.29, 1.82) is 5.26 Å². The van der Waals surface area contributed by atoms with Crippen LogP contribution in [0.1, 0.15) is 5.56 Å². The first-order valence-electron chi connectivity index (χ1n) is 4.54. The van der Waals surface area contributed by atoms with Crippen LogP contribution in [0.5, 0.6) is 0 Å². The summed E-state index contributed by atoms with van der Waals surface area (Å²) >= 11 is 0. The first-order valence-corrected chi connectivity index (χ1v) is 6.39. The molecule has 0 saturated heterocycles. The van der Waals surface area contributed by atoms with E-state index in [0.29, 0.717) is 5.56 Å². The zero-order valence-corrected chi connectivity index (χ0v) is 9.81. The number of carboxylic acids is 1. The lowest BCUT2D eigenvalue weighted by atomic mass is 10.2. The molecule has 6 nitrogen and oxygen atoms in total. The second kappa shape index (κ2) is 4.84. The highest BCUT2D eigenvalue weighted by atomic mass is 32.2. The third-order valence-corrected chi connectivity index (χ3v) is 3.10. The Hall–Kier alpha value is -2.07. The minimum Gasteiger partial charge on any atom is -0.480 e. The summed E-state index contributed by atoms with van der Waals surface area (Å²) in [5.41, 5.74) is 0.589. The van der Waals surface area contributed by atoms with E-state index in [2.05, 4.69) is 0 Å². The van der Waals surface area contributed by atoms with E-state index in [-0.39, 0.29) is 5.69 Å². The summed E-state index contributed by atoms with van der Waals surface area (Å²) in [4.78, 5) is 10.6. The molecule has 0 aromatic heterocycles. The van der Waals surface area contributed by atoms with Crippen LogP contribution in [0.25, 0.3) is 0 Å². The Balaban J connectivity index is 3.14. The van der Waals surface area contributed by atoms with Crippen molar-refractivity contribution < 1.29 is 18.3 Å². The molecule has 0 saturated carbocycles. The van der Waals surface area contributed by atoms with E-state index in [1.807, 2.05) is 6.07 Å². The van der Waals surface area contributed by atoms with Crippen molar-refractivity contribution in [3.8, 4) is 6.07 Å². The molecule has 0 unspecified atom stereocenters. The van der Waals surface area contributed by atoms with Crippen molar-refractivity contribution in [2.75, 3.05) is 17.1 Å². The van der Waals surface area contributed by atoms with Crippen molar-refractivity contribution in [2.24, 2.45) is 0 Å². The molecule has 17 heavy (non-hydrogen) atoms. The van der Waals surface area contributed by atoms with Gasteiger partial charge in [0.15, 0.2) is 0 Å². The van der Waals surface area contributed by atoms with Crippen LogP contribution in [0.3, 0.4) is 0 Å². The molecule has 0 radical (unpaired) electrons. The van der Waals surface area contributed by atoms with Crippen molar-refractivity contribution in [2.45, 2.75) is 0 Å². The molecule has 1 aromatic rings. The van der Waals surface area contributed by atoms with Crippen LogP contribution in [0.4, 0.5) is 5.69 Å². The van der Waals surface area contributed by atoms with Crippen LogP contribution in [0.15, 0.2) is 24.3 Å². The van der Waals surface area contributed by atoms with Gasteiger partial charge in [0.1, 0.15) is 6.54 Å². The number of rotatable bonds is 4. The maximum atomic E-state index is 11.4. The van der Waals surface area contributed by atoms with Gasteiger partial charge >= 0.3 is 5.97 Å². The van der Waals surface area contributed by atoms with Gasteiger partial charge in [0, 0.05) is 0 Å². The van der Waals surface area contributed by atoms with E-state index in [1.165, 1.54) is 24.3 Å². The van der Waals surface area contributed by atoms with Crippen LogP contribution < -0.4 is 4.31 Å². The van der Waals surface area contributed by atoms with Gasteiger partial charge in [0.05, 0.1) is 23.6 Å². The van der Waals surface area contributed by atoms with Gasteiger partial charge < -0.3 is 5.11 Å². The van der Waals surface area contributed by atoms with Crippen molar-refractivity contribution >= 4 is 21.7 Å². The Morgan fingerprint density at radius 2 is 1.94 bits per heavy atom. The van der Waals surface area contributed by atoms with E-state index < -0.39 is 22.5 Å². The largest absolute Gasteiger partial charge is 0.480 e. The Morgan fingerprint density at radius 3 is 2.29 bits per heavy atom. The monoisotopic (exact) mass is 254 g/mol. The first-order chi connectivity index (χ1) is 7.84. The van der Waals surface area contributed by atoms with Crippen molar-refractivity contribution in [3.63, 3.8) is 0 Å². The molecule has 0 atom stereocenters. The number of sulfonamides is 1. The Kier molecular flexibility index (Phi) is 3.70. The summed E-state index contributed by atoms with van der Waals surface area (Å²) < 4.78 is 23.6. The highest BCUT2D eigenvalue weighted by Gasteiger charge is 2.20. The average Bonchev–Trinajstić information content (AvgIpc) is 2.24. The highest BCUT2D eigenvalue weighted by molar-refractivity contribution is 7.92. The minimum atomic E-state index is -3.66. The van der Waals surface area contributed by atoms with Crippen LogP contribution in [-0.4, -0.2) is 32.3 Å². The summed E-state index contributed by atoms with van der Waals surface area (Å²) in [5.74, 6) is -1.25. The SMILES string of the molecule is CS(=O)(=O)N(CC(=O)O)c1ccc(C#N)cc1.